The van der Waals surface area contributed by atoms with Gasteiger partial charge in [0.25, 0.3) is 5.91 Å². The average Bonchev–Trinajstić information content (AvgIpc) is 2.41. The van der Waals surface area contributed by atoms with Gasteiger partial charge in [-0.15, -0.1) is 0 Å². The Bertz CT molecular complexity index is 416. The van der Waals surface area contributed by atoms with Crippen LogP contribution in [0.3, 0.4) is 0 Å². The van der Waals surface area contributed by atoms with E-state index in [9.17, 15) is 9.18 Å². The van der Waals surface area contributed by atoms with Gasteiger partial charge in [0.15, 0.2) is 5.82 Å². The van der Waals surface area contributed by atoms with Crippen LogP contribution in [-0.4, -0.2) is 28.4 Å². The Morgan fingerprint density at radius 3 is 2.78 bits per heavy atom. The van der Waals surface area contributed by atoms with Crippen molar-refractivity contribution in [3.63, 3.8) is 0 Å². The third kappa shape index (κ3) is 2.68. The highest BCUT2D eigenvalue weighted by molar-refractivity contribution is 5.94. The highest BCUT2D eigenvalue weighted by Gasteiger charge is 2.26. The Hall–Kier alpha value is -1.45. The van der Waals surface area contributed by atoms with Crippen molar-refractivity contribution >= 4 is 5.91 Å². The second kappa shape index (κ2) is 5.94. The fraction of sp³-hybridized carbons (Fsp3) is 0.571. The Balaban J connectivity index is 2.17. The van der Waals surface area contributed by atoms with Crippen molar-refractivity contribution in [2.24, 2.45) is 0 Å². The van der Waals surface area contributed by atoms with Gasteiger partial charge in [0.1, 0.15) is 0 Å². The molecule has 18 heavy (non-hydrogen) atoms. The van der Waals surface area contributed by atoms with Gasteiger partial charge in [0.2, 0.25) is 0 Å². The summed E-state index contributed by atoms with van der Waals surface area (Å²) in [5.41, 5.74) is 0.137. The number of hydrogen-bond acceptors (Lipinski definition) is 2. The maximum atomic E-state index is 13.6. The number of hydrogen-bond donors (Lipinski definition) is 0. The quantitative estimate of drug-likeness (QED) is 0.826. The third-order valence-corrected chi connectivity index (χ3v) is 3.62. The van der Waals surface area contributed by atoms with Gasteiger partial charge in [-0.3, -0.25) is 9.78 Å². The van der Waals surface area contributed by atoms with E-state index in [0.29, 0.717) is 6.54 Å². The van der Waals surface area contributed by atoms with E-state index in [1.54, 1.807) is 4.90 Å². The van der Waals surface area contributed by atoms with Gasteiger partial charge >= 0.3 is 0 Å². The first-order valence-corrected chi connectivity index (χ1v) is 6.64. The summed E-state index contributed by atoms with van der Waals surface area (Å²) in [6.07, 6.45) is 8.19. The topological polar surface area (TPSA) is 33.2 Å². The number of halogens is 1. The van der Waals surface area contributed by atoms with Crippen molar-refractivity contribution < 1.29 is 9.18 Å². The van der Waals surface area contributed by atoms with Crippen LogP contribution in [0.4, 0.5) is 4.39 Å². The monoisotopic (exact) mass is 250 g/mol. The van der Waals surface area contributed by atoms with E-state index in [1.807, 2.05) is 6.92 Å². The highest BCUT2D eigenvalue weighted by atomic mass is 19.1. The number of aromatic nitrogens is 1. The SMILES string of the molecule is CCN(C(=O)c1ccncc1F)C1CCCCC1. The molecule has 0 radical (unpaired) electrons. The summed E-state index contributed by atoms with van der Waals surface area (Å²) >= 11 is 0. The molecule has 0 spiro atoms. The molecule has 1 amide bonds. The molecule has 98 valence electrons. The molecule has 1 heterocycles. The normalized spacial score (nSPS) is 16.6. The lowest BCUT2D eigenvalue weighted by Gasteiger charge is -2.33. The molecular weight excluding hydrogens is 231 g/mol. The summed E-state index contributed by atoms with van der Waals surface area (Å²) in [6.45, 7) is 2.58. The zero-order valence-corrected chi connectivity index (χ0v) is 10.7. The molecule has 4 heteroatoms. The first-order valence-electron chi connectivity index (χ1n) is 6.64. The summed E-state index contributed by atoms with van der Waals surface area (Å²) in [7, 11) is 0. The first-order chi connectivity index (χ1) is 8.74. The number of carbonyl (C=O) groups is 1. The average molecular weight is 250 g/mol. The van der Waals surface area contributed by atoms with Gasteiger partial charge in [0, 0.05) is 18.8 Å². The van der Waals surface area contributed by atoms with Gasteiger partial charge in [-0.25, -0.2) is 4.39 Å². The van der Waals surface area contributed by atoms with Crippen molar-refractivity contribution in [2.75, 3.05) is 6.54 Å². The molecule has 1 aromatic heterocycles. The number of pyridine rings is 1. The van der Waals surface area contributed by atoms with Crippen molar-refractivity contribution in [3.05, 3.63) is 29.8 Å². The van der Waals surface area contributed by atoms with E-state index in [1.165, 1.54) is 18.7 Å². The number of carbonyl (C=O) groups excluding carboxylic acids is 1. The van der Waals surface area contributed by atoms with E-state index in [2.05, 4.69) is 4.98 Å². The van der Waals surface area contributed by atoms with E-state index >= 15 is 0 Å². The molecule has 0 bridgehead atoms. The van der Waals surface area contributed by atoms with E-state index in [-0.39, 0.29) is 17.5 Å². The Kier molecular flexibility index (Phi) is 4.28. The lowest BCUT2D eigenvalue weighted by Crippen LogP contribution is -2.41. The Labute approximate surface area is 107 Å². The summed E-state index contributed by atoms with van der Waals surface area (Å²) < 4.78 is 13.6. The smallest absolute Gasteiger partial charge is 0.257 e. The van der Waals surface area contributed by atoms with Crippen LogP contribution in [0.15, 0.2) is 18.5 Å². The van der Waals surface area contributed by atoms with Crippen LogP contribution in [0.2, 0.25) is 0 Å². The standard InChI is InChI=1S/C14H19FN2O/c1-2-17(11-6-4-3-5-7-11)14(18)12-8-9-16-10-13(12)15/h8-11H,2-7H2,1H3. The largest absolute Gasteiger partial charge is 0.336 e. The molecule has 0 aliphatic heterocycles. The van der Waals surface area contributed by atoms with Crippen molar-refractivity contribution in [1.29, 1.82) is 0 Å². The van der Waals surface area contributed by atoms with Gasteiger partial charge in [-0.05, 0) is 25.8 Å². The zero-order valence-electron chi connectivity index (χ0n) is 10.7. The van der Waals surface area contributed by atoms with Gasteiger partial charge in [0.05, 0.1) is 11.8 Å². The molecule has 0 N–H and O–H groups in total. The van der Waals surface area contributed by atoms with Crippen LogP contribution >= 0.6 is 0 Å². The van der Waals surface area contributed by atoms with Crippen molar-refractivity contribution in [1.82, 2.24) is 9.88 Å². The van der Waals surface area contributed by atoms with Crippen LogP contribution in [0.5, 0.6) is 0 Å². The Morgan fingerprint density at radius 2 is 2.17 bits per heavy atom. The number of amides is 1. The second-order valence-corrected chi connectivity index (χ2v) is 4.74. The molecular formula is C14H19FN2O. The molecule has 1 aromatic rings. The van der Waals surface area contributed by atoms with Gasteiger partial charge < -0.3 is 4.90 Å². The summed E-state index contributed by atoms with van der Waals surface area (Å²) in [5, 5.41) is 0. The predicted octanol–water partition coefficient (Wildman–Crippen LogP) is 3.02. The molecule has 0 saturated heterocycles. The van der Waals surface area contributed by atoms with Crippen molar-refractivity contribution in [3.8, 4) is 0 Å². The van der Waals surface area contributed by atoms with E-state index in [4.69, 9.17) is 0 Å². The fourth-order valence-corrected chi connectivity index (χ4v) is 2.66. The molecule has 0 unspecified atom stereocenters. The van der Waals surface area contributed by atoms with Gasteiger partial charge in [-0.1, -0.05) is 19.3 Å². The van der Waals surface area contributed by atoms with Crippen LogP contribution in [0.25, 0.3) is 0 Å². The number of rotatable bonds is 3. The minimum absolute atomic E-state index is 0.137. The van der Waals surface area contributed by atoms with Gasteiger partial charge in [-0.2, -0.15) is 0 Å². The third-order valence-electron chi connectivity index (χ3n) is 3.62. The molecule has 0 atom stereocenters. The van der Waals surface area contributed by atoms with E-state index in [0.717, 1.165) is 31.9 Å². The zero-order chi connectivity index (χ0) is 13.0. The van der Waals surface area contributed by atoms with Crippen LogP contribution < -0.4 is 0 Å². The maximum absolute atomic E-state index is 13.6. The Morgan fingerprint density at radius 1 is 1.44 bits per heavy atom. The summed E-state index contributed by atoms with van der Waals surface area (Å²) in [4.78, 5) is 17.8. The van der Waals surface area contributed by atoms with Crippen molar-refractivity contribution in [2.45, 2.75) is 45.1 Å². The molecule has 1 saturated carbocycles. The molecule has 1 aliphatic carbocycles. The van der Waals surface area contributed by atoms with Crippen LogP contribution in [-0.2, 0) is 0 Å². The molecule has 3 nitrogen and oxygen atoms in total. The highest BCUT2D eigenvalue weighted by Crippen LogP contribution is 2.24. The summed E-state index contributed by atoms with van der Waals surface area (Å²) in [5.74, 6) is -0.735. The lowest BCUT2D eigenvalue weighted by atomic mass is 9.93. The minimum atomic E-state index is -0.531. The van der Waals surface area contributed by atoms with Crippen LogP contribution in [0, 0.1) is 5.82 Å². The molecule has 1 aliphatic rings. The molecule has 0 aromatic carbocycles. The van der Waals surface area contributed by atoms with Crippen LogP contribution in [0.1, 0.15) is 49.4 Å². The first kappa shape index (κ1) is 13.0. The fourth-order valence-electron chi connectivity index (χ4n) is 2.66. The number of nitrogens with zero attached hydrogens (tertiary/aromatic N) is 2. The predicted molar refractivity (Wildman–Crippen MR) is 67.8 cm³/mol. The molecule has 1 fully saturated rings. The summed E-state index contributed by atoms with van der Waals surface area (Å²) in [6, 6.07) is 1.73. The lowest BCUT2D eigenvalue weighted by molar-refractivity contribution is 0.0643. The van der Waals surface area contributed by atoms with E-state index < -0.39 is 5.82 Å². The second-order valence-electron chi connectivity index (χ2n) is 4.74. The maximum Gasteiger partial charge on any atom is 0.257 e. The molecule has 2 rings (SSSR count). The minimum Gasteiger partial charge on any atom is -0.336 e.